The van der Waals surface area contributed by atoms with Gasteiger partial charge in [-0.3, -0.25) is 19.5 Å². The van der Waals surface area contributed by atoms with Crippen molar-refractivity contribution in [2.24, 2.45) is 0 Å². The lowest BCUT2D eigenvalue weighted by molar-refractivity contribution is -0.157. The van der Waals surface area contributed by atoms with Gasteiger partial charge in [-0.2, -0.15) is 0 Å². The second kappa shape index (κ2) is 11.0. The van der Waals surface area contributed by atoms with Crippen LogP contribution in [-0.4, -0.2) is 33.2 Å². The molecule has 1 amide bonds. The van der Waals surface area contributed by atoms with E-state index < -0.39 is 32.3 Å². The molecule has 11 heteroatoms. The van der Waals surface area contributed by atoms with E-state index in [2.05, 4.69) is 15.4 Å². The molecule has 2 atom stereocenters. The summed E-state index contributed by atoms with van der Waals surface area (Å²) in [6, 6.07) is 17.3. The van der Waals surface area contributed by atoms with Crippen LogP contribution >= 0.6 is 19.9 Å². The minimum Gasteiger partial charge on any atom is -0.481 e. The van der Waals surface area contributed by atoms with Crippen molar-refractivity contribution in [2.75, 3.05) is 5.32 Å². The first-order chi connectivity index (χ1) is 15.4. The highest BCUT2D eigenvalue weighted by molar-refractivity contribution is 7.21. The van der Waals surface area contributed by atoms with Gasteiger partial charge in [-0.1, -0.05) is 60.7 Å². The number of nitrogens with zero attached hydrogens (tertiary/aromatic N) is 1. The van der Waals surface area contributed by atoms with E-state index in [0.29, 0.717) is 0 Å². The minimum absolute atomic E-state index is 0.00632. The standard InChI is InChI=1S/C21H20N3O6PS/c25-17(26)11-16-13-32-20(22-16)23-19(27)18(30-12-14-7-3-1-4-8-14)21(28,24-31-29)15-9-5-2-6-10-15/h1-10,13,18,28H,11-12H2,(H,24,29)(H,25,26)(H,22,23,27). The normalized spacial score (nSPS) is 13.9. The Morgan fingerprint density at radius 3 is 2.41 bits per heavy atom. The third-order valence-corrected chi connectivity index (χ3v) is 5.66. The molecule has 1 aromatic heterocycles. The minimum atomic E-state index is -2.13. The van der Waals surface area contributed by atoms with Crippen LogP contribution in [0.5, 0.6) is 0 Å². The van der Waals surface area contributed by atoms with Gasteiger partial charge in [-0.15, -0.1) is 11.3 Å². The lowest BCUT2D eigenvalue weighted by Crippen LogP contribution is -2.54. The average Bonchev–Trinajstić information content (AvgIpc) is 3.21. The van der Waals surface area contributed by atoms with Crippen LogP contribution in [0.3, 0.4) is 0 Å². The highest BCUT2D eigenvalue weighted by atomic mass is 32.1. The van der Waals surface area contributed by atoms with E-state index in [1.807, 2.05) is 18.2 Å². The average molecular weight is 473 g/mol. The van der Waals surface area contributed by atoms with Crippen LogP contribution in [0.15, 0.2) is 66.0 Å². The highest BCUT2D eigenvalue weighted by Gasteiger charge is 2.45. The predicted molar refractivity (Wildman–Crippen MR) is 118 cm³/mol. The van der Waals surface area contributed by atoms with Crippen molar-refractivity contribution in [2.45, 2.75) is 24.9 Å². The predicted octanol–water partition coefficient (Wildman–Crippen LogP) is 2.94. The number of carboxylic acids is 1. The number of anilines is 1. The number of benzene rings is 2. The summed E-state index contributed by atoms with van der Waals surface area (Å²) in [4.78, 5) is 28.1. The number of hydrogen-bond acceptors (Lipinski definition) is 7. The van der Waals surface area contributed by atoms with Gasteiger partial charge in [0.2, 0.25) is 8.61 Å². The first-order valence-corrected chi connectivity index (χ1v) is 11.1. The second-order valence-electron chi connectivity index (χ2n) is 6.72. The van der Waals surface area contributed by atoms with Crippen LogP contribution in [0.2, 0.25) is 0 Å². The van der Waals surface area contributed by atoms with Crippen molar-refractivity contribution in [1.29, 1.82) is 0 Å². The Bertz CT molecular complexity index is 1070. The fourth-order valence-electron chi connectivity index (χ4n) is 2.95. The molecule has 0 radical (unpaired) electrons. The molecular weight excluding hydrogens is 453 g/mol. The molecule has 2 aromatic carbocycles. The molecule has 0 saturated heterocycles. The monoisotopic (exact) mass is 473 g/mol. The zero-order chi connectivity index (χ0) is 23.0. The van der Waals surface area contributed by atoms with Gasteiger partial charge >= 0.3 is 5.97 Å². The summed E-state index contributed by atoms with van der Waals surface area (Å²) in [5, 5.41) is 26.9. The Labute approximate surface area is 189 Å². The number of amides is 1. The summed E-state index contributed by atoms with van der Waals surface area (Å²) in [6.45, 7) is -0.00632. The van der Waals surface area contributed by atoms with Gasteiger partial charge in [0.05, 0.1) is 18.7 Å². The van der Waals surface area contributed by atoms with E-state index in [1.165, 1.54) is 5.38 Å². The number of nitrogens with one attached hydrogen (secondary N) is 2. The van der Waals surface area contributed by atoms with E-state index in [1.54, 1.807) is 42.5 Å². The number of carboxylic acid groups (broad SMARTS) is 1. The molecule has 0 fully saturated rings. The molecule has 1 heterocycles. The molecule has 32 heavy (non-hydrogen) atoms. The lowest BCUT2D eigenvalue weighted by atomic mass is 9.97. The number of aromatic nitrogens is 1. The number of aliphatic hydroxyl groups is 1. The maximum Gasteiger partial charge on any atom is 0.309 e. The van der Waals surface area contributed by atoms with Crippen molar-refractivity contribution < 1.29 is 29.1 Å². The van der Waals surface area contributed by atoms with E-state index in [-0.39, 0.29) is 29.4 Å². The van der Waals surface area contributed by atoms with Gasteiger partial charge in [0.15, 0.2) is 17.0 Å². The van der Waals surface area contributed by atoms with Gasteiger partial charge < -0.3 is 14.9 Å². The fraction of sp³-hybridized carbons (Fsp3) is 0.190. The van der Waals surface area contributed by atoms with E-state index in [4.69, 9.17) is 9.84 Å². The Kier molecular flexibility index (Phi) is 8.15. The summed E-state index contributed by atoms with van der Waals surface area (Å²) in [5.41, 5.74) is -0.820. The SMILES string of the molecule is O=PNC(O)(c1ccccc1)C(OCc1ccccc1)C(=O)Nc1nc(CC(=O)O)cs1. The molecule has 0 aliphatic rings. The Morgan fingerprint density at radius 2 is 1.78 bits per heavy atom. The molecule has 0 spiro atoms. The zero-order valence-corrected chi connectivity index (χ0v) is 18.4. The Morgan fingerprint density at radius 1 is 1.12 bits per heavy atom. The summed E-state index contributed by atoms with van der Waals surface area (Å²) < 4.78 is 17.3. The molecule has 0 saturated carbocycles. The van der Waals surface area contributed by atoms with Crippen LogP contribution in [-0.2, 0) is 37.6 Å². The molecule has 0 aliphatic heterocycles. The van der Waals surface area contributed by atoms with Gasteiger partial charge in [-0.05, 0) is 5.56 Å². The first-order valence-electron chi connectivity index (χ1n) is 9.42. The number of rotatable bonds is 11. The molecular formula is C21H20N3O6PS. The van der Waals surface area contributed by atoms with Crippen LogP contribution in [0, 0.1) is 0 Å². The molecule has 3 aromatic rings. The third-order valence-electron chi connectivity index (χ3n) is 4.42. The molecule has 0 aliphatic carbocycles. The van der Waals surface area contributed by atoms with Crippen molar-refractivity contribution in [3.8, 4) is 0 Å². The second-order valence-corrected chi connectivity index (χ2v) is 7.98. The maximum absolute atomic E-state index is 13.2. The first kappa shape index (κ1) is 23.6. The maximum atomic E-state index is 13.2. The quantitative estimate of drug-likeness (QED) is 0.246. The number of aliphatic carboxylic acids is 1. The topological polar surface area (TPSA) is 138 Å². The van der Waals surface area contributed by atoms with Crippen LogP contribution in [0.25, 0.3) is 0 Å². The van der Waals surface area contributed by atoms with Crippen LogP contribution < -0.4 is 10.4 Å². The van der Waals surface area contributed by atoms with Crippen molar-refractivity contribution in [3.05, 3.63) is 82.9 Å². The largest absolute Gasteiger partial charge is 0.481 e. The van der Waals surface area contributed by atoms with E-state index in [0.717, 1.165) is 16.9 Å². The van der Waals surface area contributed by atoms with Crippen molar-refractivity contribution >= 4 is 37.0 Å². The number of ether oxygens (including phenoxy) is 1. The van der Waals surface area contributed by atoms with Crippen molar-refractivity contribution in [3.63, 3.8) is 0 Å². The molecule has 9 nitrogen and oxygen atoms in total. The lowest BCUT2D eigenvalue weighted by Gasteiger charge is -2.34. The Balaban J connectivity index is 1.89. The highest BCUT2D eigenvalue weighted by Crippen LogP contribution is 2.29. The van der Waals surface area contributed by atoms with Gasteiger partial charge in [0, 0.05) is 10.9 Å². The smallest absolute Gasteiger partial charge is 0.309 e. The zero-order valence-electron chi connectivity index (χ0n) is 16.7. The summed E-state index contributed by atoms with van der Waals surface area (Å²) in [5.74, 6) is -1.80. The van der Waals surface area contributed by atoms with Crippen LogP contribution in [0.1, 0.15) is 16.8 Å². The van der Waals surface area contributed by atoms with E-state index in [9.17, 15) is 19.3 Å². The third kappa shape index (κ3) is 6.03. The van der Waals surface area contributed by atoms with Crippen LogP contribution in [0.4, 0.5) is 5.13 Å². The fourth-order valence-corrected chi connectivity index (χ4v) is 4.05. The molecule has 166 valence electrons. The number of hydrogen-bond donors (Lipinski definition) is 4. The summed E-state index contributed by atoms with van der Waals surface area (Å²) in [7, 11) is -0.614. The van der Waals surface area contributed by atoms with Crippen molar-refractivity contribution in [1.82, 2.24) is 10.1 Å². The number of carbonyl (C=O) groups excluding carboxylic acids is 1. The number of thiazole rings is 1. The summed E-state index contributed by atoms with van der Waals surface area (Å²) >= 11 is 1.04. The molecule has 2 unspecified atom stereocenters. The van der Waals surface area contributed by atoms with Gasteiger partial charge in [0.25, 0.3) is 5.91 Å². The summed E-state index contributed by atoms with van der Waals surface area (Å²) in [6.07, 6.45) is -1.82. The van der Waals surface area contributed by atoms with Gasteiger partial charge in [-0.25, -0.2) is 10.1 Å². The molecule has 4 N–H and O–H groups in total. The Hall–Kier alpha value is -3.01. The van der Waals surface area contributed by atoms with E-state index >= 15 is 0 Å². The van der Waals surface area contributed by atoms with Gasteiger partial charge in [0.1, 0.15) is 0 Å². The molecule has 3 rings (SSSR count). The molecule has 0 bridgehead atoms. The number of carbonyl (C=O) groups is 2.